The van der Waals surface area contributed by atoms with E-state index in [1.807, 2.05) is 7.05 Å². The Hall–Kier alpha value is -2.13. The third-order valence-electron chi connectivity index (χ3n) is 5.48. The van der Waals surface area contributed by atoms with Crippen LogP contribution in [-0.4, -0.2) is 31.6 Å². The molecule has 9 heteroatoms. The van der Waals surface area contributed by atoms with Gasteiger partial charge < -0.3 is 9.64 Å². The summed E-state index contributed by atoms with van der Waals surface area (Å²) in [5.41, 5.74) is -1.98. The molecule has 0 aromatic heterocycles. The molecular weight excluding hydrogens is 427 g/mol. The van der Waals surface area contributed by atoms with E-state index >= 15 is 0 Å². The number of piperidine rings is 1. The summed E-state index contributed by atoms with van der Waals surface area (Å²) in [6.07, 6.45) is -9.00. The Morgan fingerprint density at radius 3 is 2.06 bits per heavy atom. The van der Waals surface area contributed by atoms with Crippen LogP contribution in [-0.2, 0) is 23.7 Å². The minimum atomic E-state index is -4.89. The molecule has 31 heavy (non-hydrogen) atoms. The van der Waals surface area contributed by atoms with Crippen molar-refractivity contribution in [2.24, 2.45) is 5.92 Å². The van der Waals surface area contributed by atoms with Crippen LogP contribution in [0.3, 0.4) is 0 Å². The maximum atomic E-state index is 13.2. The molecule has 0 N–H and O–H groups in total. The first-order valence-corrected chi connectivity index (χ1v) is 9.73. The Bertz CT molecular complexity index is 845. The van der Waals surface area contributed by atoms with E-state index in [2.05, 4.69) is 4.90 Å². The number of benzene rings is 2. The minimum Gasteiger partial charge on any atom is -0.376 e. The Morgan fingerprint density at radius 1 is 0.935 bits per heavy atom. The SMILES string of the molecule is CN1CCC(c2ccc(F)cc2)[C@H](COCc2cc(C(F)(F)F)cc(C(F)(F)F)c2)C1. The maximum Gasteiger partial charge on any atom is 0.416 e. The number of hydrogen-bond donors (Lipinski definition) is 0. The number of halogens is 7. The standard InChI is InChI=1S/C22H22F7NO/c1-30-7-6-20(15-2-4-19(23)5-3-15)16(11-30)13-31-12-14-8-17(21(24,25)26)10-18(9-14)22(27,28)29/h2-5,8-10,16,20H,6-7,11-13H2,1H3/t16-,20?/m0/s1. The molecule has 1 aliphatic heterocycles. The molecule has 3 rings (SSSR count). The summed E-state index contributed by atoms with van der Waals surface area (Å²) in [6, 6.07) is 7.59. The molecule has 2 aromatic rings. The molecule has 2 aromatic carbocycles. The first kappa shape index (κ1) is 23.5. The van der Waals surface area contributed by atoms with Crippen molar-refractivity contribution >= 4 is 0 Å². The van der Waals surface area contributed by atoms with Crippen LogP contribution in [0.5, 0.6) is 0 Å². The summed E-state index contributed by atoms with van der Waals surface area (Å²) in [6.45, 7) is 1.26. The molecule has 2 nitrogen and oxygen atoms in total. The van der Waals surface area contributed by atoms with Gasteiger partial charge in [-0.1, -0.05) is 12.1 Å². The third kappa shape index (κ3) is 6.20. The van der Waals surface area contributed by atoms with Crippen molar-refractivity contribution in [2.75, 3.05) is 26.7 Å². The van der Waals surface area contributed by atoms with E-state index < -0.39 is 23.5 Å². The van der Waals surface area contributed by atoms with E-state index in [1.165, 1.54) is 12.1 Å². The van der Waals surface area contributed by atoms with Crippen LogP contribution >= 0.6 is 0 Å². The molecule has 2 atom stereocenters. The van der Waals surface area contributed by atoms with E-state index in [1.54, 1.807) is 12.1 Å². The van der Waals surface area contributed by atoms with Crippen LogP contribution in [0.4, 0.5) is 30.7 Å². The van der Waals surface area contributed by atoms with Gasteiger partial charge in [0, 0.05) is 12.5 Å². The van der Waals surface area contributed by atoms with Crippen LogP contribution in [0.2, 0.25) is 0 Å². The summed E-state index contributed by atoms with van der Waals surface area (Å²) in [4.78, 5) is 2.08. The highest BCUT2D eigenvalue weighted by Crippen LogP contribution is 2.37. The van der Waals surface area contributed by atoms with E-state index in [0.717, 1.165) is 18.5 Å². The highest BCUT2D eigenvalue weighted by Gasteiger charge is 2.37. The number of rotatable bonds is 5. The quantitative estimate of drug-likeness (QED) is 0.511. The first-order chi connectivity index (χ1) is 14.4. The van der Waals surface area contributed by atoms with E-state index in [4.69, 9.17) is 4.74 Å². The summed E-state index contributed by atoms with van der Waals surface area (Å²) < 4.78 is 96.9. The molecule has 0 amide bonds. The summed E-state index contributed by atoms with van der Waals surface area (Å²) >= 11 is 0. The largest absolute Gasteiger partial charge is 0.416 e. The molecule has 0 aliphatic carbocycles. The van der Waals surface area contributed by atoms with Gasteiger partial charge in [-0.3, -0.25) is 0 Å². The highest BCUT2D eigenvalue weighted by molar-refractivity contribution is 5.33. The van der Waals surface area contributed by atoms with Gasteiger partial charge in [-0.2, -0.15) is 26.3 Å². The average Bonchev–Trinajstić information content (AvgIpc) is 2.67. The molecule has 170 valence electrons. The molecule has 0 spiro atoms. The predicted molar refractivity (Wildman–Crippen MR) is 101 cm³/mol. The van der Waals surface area contributed by atoms with Gasteiger partial charge in [0.15, 0.2) is 0 Å². The second kappa shape index (κ2) is 9.16. The van der Waals surface area contributed by atoms with Crippen LogP contribution < -0.4 is 0 Å². The zero-order valence-corrected chi connectivity index (χ0v) is 16.7. The molecule has 0 saturated carbocycles. The van der Waals surface area contributed by atoms with Crippen molar-refractivity contribution < 1.29 is 35.5 Å². The van der Waals surface area contributed by atoms with Crippen molar-refractivity contribution in [1.82, 2.24) is 4.90 Å². The Kier molecular flexibility index (Phi) is 6.95. The Morgan fingerprint density at radius 2 is 1.52 bits per heavy atom. The molecule has 1 saturated heterocycles. The van der Waals surface area contributed by atoms with E-state index in [9.17, 15) is 30.7 Å². The zero-order chi connectivity index (χ0) is 22.8. The third-order valence-corrected chi connectivity index (χ3v) is 5.48. The van der Waals surface area contributed by atoms with Gasteiger partial charge >= 0.3 is 12.4 Å². The predicted octanol–water partition coefficient (Wildman–Crippen LogP) is 6.12. The van der Waals surface area contributed by atoms with Crippen molar-refractivity contribution in [3.63, 3.8) is 0 Å². The fourth-order valence-electron chi connectivity index (χ4n) is 3.96. The summed E-state index contributed by atoms with van der Waals surface area (Å²) in [5, 5.41) is 0. The number of nitrogens with zero attached hydrogens (tertiary/aromatic N) is 1. The second-order valence-corrected chi connectivity index (χ2v) is 7.90. The molecule has 1 aliphatic rings. The van der Waals surface area contributed by atoms with Gasteiger partial charge in [0.2, 0.25) is 0 Å². The fourth-order valence-corrected chi connectivity index (χ4v) is 3.96. The first-order valence-electron chi connectivity index (χ1n) is 9.73. The normalized spacial score (nSPS) is 20.8. The van der Waals surface area contributed by atoms with Crippen LogP contribution in [0.1, 0.15) is 34.6 Å². The molecule has 1 unspecified atom stereocenters. The van der Waals surface area contributed by atoms with Gasteiger partial charge in [0.1, 0.15) is 5.82 Å². The average molecular weight is 449 g/mol. The molecular formula is C22H22F7NO. The Balaban J connectivity index is 1.73. The lowest BCUT2D eigenvalue weighted by Gasteiger charge is -2.37. The van der Waals surface area contributed by atoms with Gasteiger partial charge in [0.05, 0.1) is 24.3 Å². The topological polar surface area (TPSA) is 12.5 Å². The Labute approximate surface area is 175 Å². The lowest BCUT2D eigenvalue weighted by molar-refractivity contribution is -0.143. The molecule has 1 heterocycles. The molecule has 0 bridgehead atoms. The number of hydrogen-bond acceptors (Lipinski definition) is 2. The lowest BCUT2D eigenvalue weighted by atomic mass is 9.81. The van der Waals surface area contributed by atoms with Crippen molar-refractivity contribution in [3.05, 3.63) is 70.5 Å². The maximum absolute atomic E-state index is 13.2. The highest BCUT2D eigenvalue weighted by atomic mass is 19.4. The molecule has 1 fully saturated rings. The monoisotopic (exact) mass is 449 g/mol. The lowest BCUT2D eigenvalue weighted by Crippen LogP contribution is -2.39. The zero-order valence-electron chi connectivity index (χ0n) is 16.7. The fraction of sp³-hybridized carbons (Fsp3) is 0.455. The number of likely N-dealkylation sites (tertiary alicyclic amines) is 1. The van der Waals surface area contributed by atoms with Gasteiger partial charge in [0.25, 0.3) is 0 Å². The van der Waals surface area contributed by atoms with Crippen molar-refractivity contribution in [1.29, 1.82) is 0 Å². The van der Waals surface area contributed by atoms with Crippen molar-refractivity contribution in [3.8, 4) is 0 Å². The summed E-state index contributed by atoms with van der Waals surface area (Å²) in [5.74, 6) is -0.323. The van der Waals surface area contributed by atoms with E-state index in [0.29, 0.717) is 18.7 Å². The number of ether oxygens (including phenoxy) is 1. The van der Waals surface area contributed by atoms with E-state index in [-0.39, 0.29) is 42.5 Å². The second-order valence-electron chi connectivity index (χ2n) is 7.90. The smallest absolute Gasteiger partial charge is 0.376 e. The molecule has 0 radical (unpaired) electrons. The van der Waals surface area contributed by atoms with Crippen LogP contribution in [0.15, 0.2) is 42.5 Å². The minimum absolute atomic E-state index is 0.0305. The summed E-state index contributed by atoms with van der Waals surface area (Å²) in [7, 11) is 1.93. The van der Waals surface area contributed by atoms with Gasteiger partial charge in [-0.25, -0.2) is 4.39 Å². The van der Waals surface area contributed by atoms with Crippen LogP contribution in [0, 0.1) is 11.7 Å². The van der Waals surface area contributed by atoms with Crippen molar-refractivity contribution in [2.45, 2.75) is 31.3 Å². The van der Waals surface area contributed by atoms with Gasteiger partial charge in [-0.15, -0.1) is 0 Å². The van der Waals surface area contributed by atoms with Gasteiger partial charge in [-0.05, 0) is 67.4 Å². The van der Waals surface area contributed by atoms with Crippen LogP contribution in [0.25, 0.3) is 0 Å². The number of alkyl halides is 6.